The van der Waals surface area contributed by atoms with Gasteiger partial charge in [0.05, 0.1) is 23.5 Å². The minimum absolute atomic E-state index is 0.00747. The normalized spacial score (nSPS) is 22.4. The van der Waals surface area contributed by atoms with Gasteiger partial charge in [0.1, 0.15) is 0 Å². The van der Waals surface area contributed by atoms with E-state index in [0.717, 1.165) is 18.4 Å². The Labute approximate surface area is 120 Å². The molecule has 110 valence electrons. The maximum Gasteiger partial charge on any atom is 0.224 e. The topological polar surface area (TPSA) is 63.2 Å². The van der Waals surface area contributed by atoms with Gasteiger partial charge in [0.15, 0.2) is 9.84 Å². The molecule has 1 saturated heterocycles. The lowest BCUT2D eigenvalue weighted by molar-refractivity contribution is -0.125. The Kier molecular flexibility index (Phi) is 4.81. The number of rotatable bonds is 5. The van der Waals surface area contributed by atoms with Crippen LogP contribution in [0.3, 0.4) is 0 Å². The van der Waals surface area contributed by atoms with Crippen molar-refractivity contribution in [3.63, 3.8) is 0 Å². The number of carbonyl (C=O) groups excluding carboxylic acids is 1. The van der Waals surface area contributed by atoms with Crippen LogP contribution >= 0.6 is 0 Å². The van der Waals surface area contributed by atoms with E-state index in [1.54, 1.807) is 0 Å². The van der Waals surface area contributed by atoms with Crippen molar-refractivity contribution in [1.82, 2.24) is 5.32 Å². The van der Waals surface area contributed by atoms with Gasteiger partial charge in [-0.3, -0.25) is 4.79 Å². The van der Waals surface area contributed by atoms with Gasteiger partial charge in [-0.15, -0.1) is 0 Å². The summed E-state index contributed by atoms with van der Waals surface area (Å²) in [6.07, 6.45) is 2.26. The van der Waals surface area contributed by atoms with Gasteiger partial charge in [0, 0.05) is 0 Å². The maximum absolute atomic E-state index is 12.2. The second-order valence-electron chi connectivity index (χ2n) is 5.36. The van der Waals surface area contributed by atoms with Crippen molar-refractivity contribution in [2.24, 2.45) is 5.92 Å². The molecule has 1 heterocycles. The lowest BCUT2D eigenvalue weighted by Gasteiger charge is -2.20. The van der Waals surface area contributed by atoms with Crippen LogP contribution in [-0.2, 0) is 14.6 Å². The highest BCUT2D eigenvalue weighted by atomic mass is 32.2. The molecule has 1 aromatic carbocycles. The first kappa shape index (κ1) is 15.0. The molecule has 0 saturated carbocycles. The molecule has 0 bridgehead atoms. The second-order valence-corrected chi connectivity index (χ2v) is 7.59. The van der Waals surface area contributed by atoms with Crippen molar-refractivity contribution in [3.05, 3.63) is 35.9 Å². The second kappa shape index (κ2) is 6.39. The minimum atomic E-state index is -3.01. The largest absolute Gasteiger partial charge is 0.349 e. The fraction of sp³-hybridized carbons (Fsp3) is 0.533. The van der Waals surface area contributed by atoms with Gasteiger partial charge in [-0.2, -0.15) is 0 Å². The third-order valence-electron chi connectivity index (χ3n) is 3.70. The zero-order valence-electron chi connectivity index (χ0n) is 11.7. The Morgan fingerprint density at radius 1 is 1.35 bits per heavy atom. The molecule has 1 aromatic rings. The first-order valence-corrected chi connectivity index (χ1v) is 8.89. The monoisotopic (exact) mass is 295 g/mol. The van der Waals surface area contributed by atoms with Gasteiger partial charge in [-0.25, -0.2) is 8.42 Å². The lowest BCUT2D eigenvalue weighted by Crippen LogP contribution is -2.34. The molecule has 0 aliphatic carbocycles. The molecule has 4 nitrogen and oxygen atoms in total. The van der Waals surface area contributed by atoms with Gasteiger partial charge >= 0.3 is 0 Å². The van der Waals surface area contributed by atoms with Crippen molar-refractivity contribution >= 4 is 15.7 Å². The van der Waals surface area contributed by atoms with E-state index in [2.05, 4.69) is 12.2 Å². The van der Waals surface area contributed by atoms with Crippen molar-refractivity contribution in [1.29, 1.82) is 0 Å². The van der Waals surface area contributed by atoms with Crippen molar-refractivity contribution < 1.29 is 13.2 Å². The molecule has 2 atom stereocenters. The third kappa shape index (κ3) is 3.82. The molecule has 1 aliphatic rings. The van der Waals surface area contributed by atoms with Crippen LogP contribution in [0, 0.1) is 5.92 Å². The molecule has 20 heavy (non-hydrogen) atoms. The van der Waals surface area contributed by atoms with Gasteiger partial charge in [0.2, 0.25) is 5.91 Å². The fourth-order valence-electron chi connectivity index (χ4n) is 2.59. The van der Waals surface area contributed by atoms with E-state index in [4.69, 9.17) is 0 Å². The summed E-state index contributed by atoms with van der Waals surface area (Å²) in [5.74, 6) is -0.391. The molecule has 5 heteroatoms. The van der Waals surface area contributed by atoms with E-state index in [-0.39, 0.29) is 29.4 Å². The Balaban J connectivity index is 2.04. The smallest absolute Gasteiger partial charge is 0.224 e. The lowest BCUT2D eigenvalue weighted by atomic mass is 10.0. The Hall–Kier alpha value is -1.36. The molecule has 1 aliphatic heterocycles. The maximum atomic E-state index is 12.2. The van der Waals surface area contributed by atoms with Gasteiger partial charge in [-0.05, 0) is 18.4 Å². The standard InChI is InChI=1S/C15H21NO3S/c1-2-6-14(12-7-4-3-5-8-12)16-15(17)13-9-10-20(18,19)11-13/h3-5,7-8,13-14H,2,6,9-11H2,1H3,(H,16,17)/t13-,14-/m1/s1. The number of sulfone groups is 1. The van der Waals surface area contributed by atoms with Crippen LogP contribution in [0.4, 0.5) is 0 Å². The number of hydrogen-bond acceptors (Lipinski definition) is 3. The average Bonchev–Trinajstić information content (AvgIpc) is 2.80. The summed E-state index contributed by atoms with van der Waals surface area (Å²) in [5.41, 5.74) is 1.07. The first-order valence-electron chi connectivity index (χ1n) is 7.07. The predicted octanol–water partition coefficient (Wildman–Crippen LogP) is 2.08. The van der Waals surface area contributed by atoms with Gasteiger partial charge in [-0.1, -0.05) is 43.7 Å². The van der Waals surface area contributed by atoms with E-state index in [1.807, 2.05) is 30.3 Å². The van der Waals surface area contributed by atoms with E-state index in [0.29, 0.717) is 6.42 Å². The Morgan fingerprint density at radius 3 is 2.60 bits per heavy atom. The number of benzene rings is 1. The number of hydrogen-bond donors (Lipinski definition) is 1. The molecule has 0 spiro atoms. The van der Waals surface area contributed by atoms with Crippen LogP contribution in [-0.4, -0.2) is 25.8 Å². The Morgan fingerprint density at radius 2 is 2.05 bits per heavy atom. The van der Waals surface area contributed by atoms with Crippen LogP contribution in [0.2, 0.25) is 0 Å². The number of amides is 1. The summed E-state index contributed by atoms with van der Waals surface area (Å²) in [5, 5.41) is 3.01. The highest BCUT2D eigenvalue weighted by Gasteiger charge is 2.33. The summed E-state index contributed by atoms with van der Waals surface area (Å²) in [6, 6.07) is 9.79. The quantitative estimate of drug-likeness (QED) is 0.904. The summed E-state index contributed by atoms with van der Waals surface area (Å²) >= 11 is 0. The average molecular weight is 295 g/mol. The van der Waals surface area contributed by atoms with Gasteiger partial charge in [0.25, 0.3) is 0 Å². The van der Waals surface area contributed by atoms with Crippen LogP contribution in [0.5, 0.6) is 0 Å². The van der Waals surface area contributed by atoms with E-state index < -0.39 is 9.84 Å². The first-order chi connectivity index (χ1) is 9.52. The summed E-state index contributed by atoms with van der Waals surface area (Å²) in [4.78, 5) is 12.2. The Bertz CT molecular complexity index is 554. The van der Waals surface area contributed by atoms with Crippen LogP contribution in [0.1, 0.15) is 37.8 Å². The van der Waals surface area contributed by atoms with Crippen molar-refractivity contribution in [3.8, 4) is 0 Å². The summed E-state index contributed by atoms with van der Waals surface area (Å²) in [6.45, 7) is 2.07. The van der Waals surface area contributed by atoms with E-state index >= 15 is 0 Å². The molecular weight excluding hydrogens is 274 g/mol. The van der Waals surface area contributed by atoms with Crippen LogP contribution in [0.15, 0.2) is 30.3 Å². The zero-order valence-corrected chi connectivity index (χ0v) is 12.5. The molecule has 0 unspecified atom stereocenters. The molecule has 0 aromatic heterocycles. The molecule has 0 radical (unpaired) electrons. The minimum Gasteiger partial charge on any atom is -0.349 e. The molecular formula is C15H21NO3S. The molecule has 2 rings (SSSR count). The highest BCUT2D eigenvalue weighted by molar-refractivity contribution is 7.91. The number of nitrogens with one attached hydrogen (secondary N) is 1. The molecule has 1 N–H and O–H groups in total. The van der Waals surface area contributed by atoms with Gasteiger partial charge < -0.3 is 5.32 Å². The fourth-order valence-corrected chi connectivity index (χ4v) is 4.33. The summed E-state index contributed by atoms with van der Waals surface area (Å²) < 4.78 is 22.9. The summed E-state index contributed by atoms with van der Waals surface area (Å²) in [7, 11) is -3.01. The SMILES string of the molecule is CCC[C@@H](NC(=O)[C@@H]1CCS(=O)(=O)C1)c1ccccc1. The number of carbonyl (C=O) groups is 1. The third-order valence-corrected chi connectivity index (χ3v) is 5.47. The van der Waals surface area contributed by atoms with Crippen LogP contribution in [0.25, 0.3) is 0 Å². The van der Waals surface area contributed by atoms with Crippen molar-refractivity contribution in [2.45, 2.75) is 32.2 Å². The van der Waals surface area contributed by atoms with E-state index in [9.17, 15) is 13.2 Å². The predicted molar refractivity (Wildman–Crippen MR) is 79.0 cm³/mol. The van der Waals surface area contributed by atoms with E-state index in [1.165, 1.54) is 0 Å². The van der Waals surface area contributed by atoms with Crippen molar-refractivity contribution in [2.75, 3.05) is 11.5 Å². The zero-order chi connectivity index (χ0) is 14.6. The van der Waals surface area contributed by atoms with Crippen LogP contribution < -0.4 is 5.32 Å². The molecule has 1 amide bonds. The highest BCUT2D eigenvalue weighted by Crippen LogP contribution is 2.22. The molecule has 1 fully saturated rings.